The smallest absolute Gasteiger partial charge is 0.351 e. The Morgan fingerprint density at radius 3 is 2.61 bits per heavy atom. The summed E-state index contributed by atoms with van der Waals surface area (Å²) in [4.78, 5) is 31.0. The van der Waals surface area contributed by atoms with Crippen molar-refractivity contribution in [1.82, 2.24) is 19.8 Å². The van der Waals surface area contributed by atoms with Crippen LogP contribution in [-0.4, -0.2) is 60.2 Å². The van der Waals surface area contributed by atoms with Gasteiger partial charge in [0.15, 0.2) is 9.84 Å². The first-order chi connectivity index (χ1) is 19.2. The molecule has 0 unspecified atom stereocenters. The maximum absolute atomic E-state index is 14.3. The highest BCUT2D eigenvalue weighted by atomic mass is 35.5. The quantitative estimate of drug-likeness (QED) is 0.388. The number of amides is 1. The molecule has 4 rings (SSSR count). The molecule has 0 bridgehead atoms. The Labute approximate surface area is 244 Å². The van der Waals surface area contributed by atoms with Crippen molar-refractivity contribution in [3.63, 3.8) is 0 Å². The standard InChI is InChI=1S/C26H28Cl2F3N5O4S/c1-2-41(39,40)21-6-5-16(27)8-15(21)11-36-14-33-24-18(25(36)38)9-20(26(29,30)31)19(23(24)28)13-35-7-3-4-17(12-35)34-22(37)10-32/h5-6,8-9,14,17H,2-4,7,10-13,32H2,1H3,(H,34,37)/t17-/m0/s1. The third-order valence-electron chi connectivity index (χ3n) is 6.98. The third-order valence-corrected chi connectivity index (χ3v) is 9.45. The van der Waals surface area contributed by atoms with Crippen LogP contribution in [0, 0.1) is 0 Å². The predicted octanol–water partition coefficient (Wildman–Crippen LogP) is 3.60. The SMILES string of the molecule is CCS(=O)(=O)c1ccc(Cl)cc1Cn1cnc2c(Cl)c(CN3CCC[C@H](NC(=O)CN)C3)c(C(F)(F)F)cc2c1=O. The lowest BCUT2D eigenvalue weighted by Gasteiger charge is -2.34. The van der Waals surface area contributed by atoms with Crippen LogP contribution in [0.2, 0.25) is 10.0 Å². The van der Waals surface area contributed by atoms with E-state index in [2.05, 4.69) is 10.3 Å². The van der Waals surface area contributed by atoms with E-state index in [1.165, 1.54) is 25.1 Å². The molecular formula is C26H28Cl2F3N5O4S. The first-order valence-corrected chi connectivity index (χ1v) is 15.2. The van der Waals surface area contributed by atoms with Crippen molar-refractivity contribution in [2.75, 3.05) is 25.4 Å². The van der Waals surface area contributed by atoms with Gasteiger partial charge in [-0.15, -0.1) is 0 Å². The Balaban J connectivity index is 1.76. The predicted molar refractivity (Wildman–Crippen MR) is 150 cm³/mol. The molecule has 2 heterocycles. The van der Waals surface area contributed by atoms with Crippen molar-refractivity contribution >= 4 is 49.8 Å². The first kappa shape index (κ1) is 31.2. The number of rotatable bonds is 8. The van der Waals surface area contributed by atoms with Gasteiger partial charge < -0.3 is 11.1 Å². The Kier molecular flexibility index (Phi) is 9.34. The lowest BCUT2D eigenvalue weighted by Crippen LogP contribution is -2.48. The first-order valence-electron chi connectivity index (χ1n) is 12.8. The van der Waals surface area contributed by atoms with Crippen LogP contribution in [0.5, 0.6) is 0 Å². The van der Waals surface area contributed by atoms with E-state index < -0.39 is 27.1 Å². The van der Waals surface area contributed by atoms with Gasteiger partial charge >= 0.3 is 6.18 Å². The molecule has 9 nitrogen and oxygen atoms in total. The second-order valence-corrected chi connectivity index (χ2v) is 12.9. The van der Waals surface area contributed by atoms with Gasteiger partial charge in [0.2, 0.25) is 5.91 Å². The summed E-state index contributed by atoms with van der Waals surface area (Å²) in [6.45, 7) is 1.59. The molecule has 0 radical (unpaired) electrons. The number of halogens is 5. The number of carbonyl (C=O) groups is 1. The average molecular weight is 635 g/mol. The molecule has 0 aliphatic carbocycles. The molecule has 1 atom stereocenters. The molecule has 2 aromatic carbocycles. The normalized spacial score (nSPS) is 16.7. The third kappa shape index (κ3) is 6.86. The maximum Gasteiger partial charge on any atom is 0.416 e. The number of benzene rings is 2. The minimum atomic E-state index is -4.83. The van der Waals surface area contributed by atoms with Gasteiger partial charge in [-0.1, -0.05) is 30.1 Å². The van der Waals surface area contributed by atoms with Crippen molar-refractivity contribution in [3.8, 4) is 0 Å². The molecule has 15 heteroatoms. The van der Waals surface area contributed by atoms with E-state index >= 15 is 0 Å². The highest BCUT2D eigenvalue weighted by molar-refractivity contribution is 7.91. The van der Waals surface area contributed by atoms with E-state index in [0.29, 0.717) is 25.9 Å². The number of aromatic nitrogens is 2. The van der Waals surface area contributed by atoms with E-state index in [0.717, 1.165) is 17.0 Å². The van der Waals surface area contributed by atoms with Gasteiger partial charge in [-0.05, 0) is 54.8 Å². The Morgan fingerprint density at radius 1 is 1.22 bits per heavy atom. The zero-order valence-electron chi connectivity index (χ0n) is 22.0. The lowest BCUT2D eigenvalue weighted by molar-refractivity contribution is -0.138. The number of nitrogens with zero attached hydrogens (tertiary/aromatic N) is 3. The van der Waals surface area contributed by atoms with Crippen molar-refractivity contribution in [1.29, 1.82) is 0 Å². The molecular weight excluding hydrogens is 606 g/mol. The van der Waals surface area contributed by atoms with E-state index in [4.69, 9.17) is 28.9 Å². The van der Waals surface area contributed by atoms with Crippen molar-refractivity contribution in [3.05, 3.63) is 67.7 Å². The van der Waals surface area contributed by atoms with Gasteiger partial charge in [0.1, 0.15) is 0 Å². The molecule has 0 spiro atoms. The van der Waals surface area contributed by atoms with Gasteiger partial charge in [-0.3, -0.25) is 19.1 Å². The number of nitrogens with two attached hydrogens (primary N) is 1. The second kappa shape index (κ2) is 12.3. The largest absolute Gasteiger partial charge is 0.416 e. The van der Waals surface area contributed by atoms with Crippen LogP contribution in [0.3, 0.4) is 0 Å². The fourth-order valence-electron chi connectivity index (χ4n) is 4.96. The number of nitrogens with one attached hydrogen (secondary N) is 1. The zero-order valence-corrected chi connectivity index (χ0v) is 24.3. The van der Waals surface area contributed by atoms with Gasteiger partial charge in [0, 0.05) is 24.2 Å². The topological polar surface area (TPSA) is 127 Å². The molecule has 222 valence electrons. The number of piperidine rings is 1. The zero-order chi connectivity index (χ0) is 30.1. The van der Waals surface area contributed by atoms with Gasteiger partial charge in [-0.25, -0.2) is 13.4 Å². The molecule has 1 fully saturated rings. The maximum atomic E-state index is 14.3. The highest BCUT2D eigenvalue weighted by Gasteiger charge is 2.37. The molecule has 41 heavy (non-hydrogen) atoms. The Hall–Kier alpha value is -2.71. The van der Waals surface area contributed by atoms with Crippen LogP contribution in [0.1, 0.15) is 36.5 Å². The van der Waals surface area contributed by atoms with Crippen LogP contribution >= 0.6 is 23.2 Å². The molecule has 1 saturated heterocycles. The molecule has 1 aliphatic heterocycles. The number of carbonyl (C=O) groups excluding carboxylic acids is 1. The number of alkyl halides is 3. The van der Waals surface area contributed by atoms with Crippen LogP contribution < -0.4 is 16.6 Å². The lowest BCUT2D eigenvalue weighted by atomic mass is 10.0. The molecule has 1 aromatic heterocycles. The molecule has 1 amide bonds. The van der Waals surface area contributed by atoms with Gasteiger partial charge in [0.25, 0.3) is 5.56 Å². The molecule has 0 saturated carbocycles. The van der Waals surface area contributed by atoms with Crippen LogP contribution in [0.25, 0.3) is 10.9 Å². The van der Waals surface area contributed by atoms with Gasteiger partial charge in [0.05, 0.1) is 51.6 Å². The fraction of sp³-hybridized carbons (Fsp3) is 0.423. The number of fused-ring (bicyclic) bond motifs is 1. The highest BCUT2D eigenvalue weighted by Crippen LogP contribution is 2.39. The van der Waals surface area contributed by atoms with Crippen molar-refractivity contribution < 1.29 is 26.4 Å². The van der Waals surface area contributed by atoms with E-state index in [-0.39, 0.29) is 74.3 Å². The summed E-state index contributed by atoms with van der Waals surface area (Å²) in [5, 5.41) is 2.33. The van der Waals surface area contributed by atoms with E-state index in [1.807, 2.05) is 0 Å². The Bertz CT molecular complexity index is 1650. The molecule has 3 aromatic rings. The van der Waals surface area contributed by atoms with E-state index in [1.54, 1.807) is 4.90 Å². The van der Waals surface area contributed by atoms with Gasteiger partial charge in [-0.2, -0.15) is 13.2 Å². The number of likely N-dealkylation sites (tertiary alicyclic amines) is 1. The van der Waals surface area contributed by atoms with E-state index in [9.17, 15) is 31.2 Å². The number of hydrogen-bond acceptors (Lipinski definition) is 7. The van der Waals surface area contributed by atoms with Crippen molar-refractivity contribution in [2.45, 2.75) is 50.0 Å². The Morgan fingerprint density at radius 2 is 1.95 bits per heavy atom. The summed E-state index contributed by atoms with van der Waals surface area (Å²) < 4.78 is 69.1. The summed E-state index contributed by atoms with van der Waals surface area (Å²) >= 11 is 12.6. The van der Waals surface area contributed by atoms with Crippen molar-refractivity contribution in [2.24, 2.45) is 5.73 Å². The second-order valence-electron chi connectivity index (χ2n) is 9.79. The summed E-state index contributed by atoms with van der Waals surface area (Å²) in [7, 11) is -3.68. The minimum Gasteiger partial charge on any atom is -0.351 e. The monoisotopic (exact) mass is 633 g/mol. The summed E-state index contributed by atoms with van der Waals surface area (Å²) in [6, 6.07) is 4.59. The van der Waals surface area contributed by atoms with Crippen LogP contribution in [-0.2, 0) is 33.9 Å². The van der Waals surface area contributed by atoms with Crippen LogP contribution in [0.4, 0.5) is 13.2 Å². The fourth-order valence-corrected chi connectivity index (χ4v) is 6.58. The number of hydrogen-bond donors (Lipinski definition) is 2. The summed E-state index contributed by atoms with van der Waals surface area (Å²) in [6.07, 6.45) is -2.41. The summed E-state index contributed by atoms with van der Waals surface area (Å²) in [5.41, 5.74) is 3.33. The minimum absolute atomic E-state index is 0.0387. The van der Waals surface area contributed by atoms with Crippen LogP contribution in [0.15, 0.2) is 40.3 Å². The molecule has 3 N–H and O–H groups in total. The summed E-state index contributed by atoms with van der Waals surface area (Å²) in [5.74, 6) is -0.550. The number of sulfone groups is 1. The molecule has 1 aliphatic rings. The average Bonchev–Trinajstić information content (AvgIpc) is 2.91.